The summed E-state index contributed by atoms with van der Waals surface area (Å²) >= 11 is 0. The smallest absolute Gasteiger partial charge is 0.0211 e. The summed E-state index contributed by atoms with van der Waals surface area (Å²) < 4.78 is 0. The summed E-state index contributed by atoms with van der Waals surface area (Å²) in [6, 6.07) is 0.726. The number of hydrogen-bond donors (Lipinski definition) is 1. The first-order valence-corrected chi connectivity index (χ1v) is 5.91. The predicted octanol–water partition coefficient (Wildman–Crippen LogP) is 2.81. The zero-order valence-electron chi connectivity index (χ0n) is 9.55. The molecule has 1 fully saturated rings. The van der Waals surface area contributed by atoms with Gasteiger partial charge in [-0.2, -0.15) is 0 Å². The van der Waals surface area contributed by atoms with Gasteiger partial charge in [0.25, 0.3) is 0 Å². The molecule has 1 saturated carbocycles. The van der Waals surface area contributed by atoms with Gasteiger partial charge < -0.3 is 5.32 Å². The lowest BCUT2D eigenvalue weighted by Gasteiger charge is -2.32. The third-order valence-electron chi connectivity index (χ3n) is 3.36. The lowest BCUT2D eigenvalue weighted by Crippen LogP contribution is -2.35. The highest BCUT2D eigenvalue weighted by molar-refractivity contribution is 4.86. The van der Waals surface area contributed by atoms with Crippen LogP contribution in [0.15, 0.2) is 0 Å². The molecule has 0 amide bonds. The van der Waals surface area contributed by atoms with Gasteiger partial charge in [0.15, 0.2) is 0 Å². The van der Waals surface area contributed by atoms with E-state index in [1.165, 1.54) is 25.7 Å². The molecule has 0 heterocycles. The minimum Gasteiger partial charge on any atom is -0.313 e. The van der Waals surface area contributed by atoms with Crippen LogP contribution in [0.3, 0.4) is 0 Å². The standard InChI is InChI=1S/C13H23N/c1-4-5-9-14-13-8-6-7-12(10-13)11(2)3/h1,11-14H,5-10H2,2-3H3. The Labute approximate surface area is 88.7 Å². The van der Waals surface area contributed by atoms with Gasteiger partial charge in [-0.15, -0.1) is 12.3 Å². The van der Waals surface area contributed by atoms with Crippen LogP contribution >= 0.6 is 0 Å². The van der Waals surface area contributed by atoms with E-state index in [1.54, 1.807) is 0 Å². The van der Waals surface area contributed by atoms with Crippen LogP contribution in [0.2, 0.25) is 0 Å². The maximum absolute atomic E-state index is 5.23. The Bertz CT molecular complexity index is 190. The Morgan fingerprint density at radius 3 is 2.86 bits per heavy atom. The Kier molecular flexibility index (Phi) is 5.04. The highest BCUT2D eigenvalue weighted by Gasteiger charge is 2.23. The molecular formula is C13H23N. The monoisotopic (exact) mass is 193 g/mol. The number of nitrogens with one attached hydrogen (secondary N) is 1. The van der Waals surface area contributed by atoms with Crippen LogP contribution in [-0.2, 0) is 0 Å². The molecular weight excluding hydrogens is 170 g/mol. The lowest BCUT2D eigenvalue weighted by atomic mass is 9.79. The Hall–Kier alpha value is -0.480. The molecule has 0 bridgehead atoms. The van der Waals surface area contributed by atoms with Crippen molar-refractivity contribution in [3.63, 3.8) is 0 Å². The molecule has 2 unspecified atom stereocenters. The number of rotatable bonds is 4. The second-order valence-electron chi connectivity index (χ2n) is 4.78. The second-order valence-corrected chi connectivity index (χ2v) is 4.78. The second kappa shape index (κ2) is 6.09. The Morgan fingerprint density at radius 2 is 2.21 bits per heavy atom. The van der Waals surface area contributed by atoms with Gasteiger partial charge in [0.1, 0.15) is 0 Å². The van der Waals surface area contributed by atoms with Crippen molar-refractivity contribution in [1.29, 1.82) is 0 Å². The van der Waals surface area contributed by atoms with Crippen molar-refractivity contribution in [2.45, 2.75) is 52.0 Å². The SMILES string of the molecule is C#CCCNC1CCCC(C(C)C)C1. The zero-order valence-corrected chi connectivity index (χ0v) is 9.55. The molecule has 1 aliphatic rings. The normalized spacial score (nSPS) is 27.6. The average Bonchev–Trinajstić information content (AvgIpc) is 2.19. The highest BCUT2D eigenvalue weighted by atomic mass is 14.9. The highest BCUT2D eigenvalue weighted by Crippen LogP contribution is 2.29. The first-order chi connectivity index (χ1) is 6.74. The molecule has 14 heavy (non-hydrogen) atoms. The first-order valence-electron chi connectivity index (χ1n) is 5.91. The van der Waals surface area contributed by atoms with Gasteiger partial charge in [0.05, 0.1) is 0 Å². The molecule has 1 rings (SSSR count). The summed E-state index contributed by atoms with van der Waals surface area (Å²) in [5, 5.41) is 3.56. The van der Waals surface area contributed by atoms with Gasteiger partial charge in [-0.05, 0) is 24.7 Å². The predicted molar refractivity (Wildman–Crippen MR) is 62.0 cm³/mol. The van der Waals surface area contributed by atoms with E-state index in [-0.39, 0.29) is 0 Å². The van der Waals surface area contributed by atoms with Crippen molar-refractivity contribution in [3.8, 4) is 12.3 Å². The van der Waals surface area contributed by atoms with Crippen LogP contribution in [-0.4, -0.2) is 12.6 Å². The van der Waals surface area contributed by atoms with E-state index >= 15 is 0 Å². The van der Waals surface area contributed by atoms with Crippen molar-refractivity contribution < 1.29 is 0 Å². The van der Waals surface area contributed by atoms with Crippen LogP contribution in [0.5, 0.6) is 0 Å². The Morgan fingerprint density at radius 1 is 1.43 bits per heavy atom. The van der Waals surface area contributed by atoms with Crippen LogP contribution < -0.4 is 5.32 Å². The fourth-order valence-corrected chi connectivity index (χ4v) is 2.37. The minimum atomic E-state index is 0.726. The van der Waals surface area contributed by atoms with Crippen molar-refractivity contribution in [2.75, 3.05) is 6.54 Å². The van der Waals surface area contributed by atoms with E-state index in [2.05, 4.69) is 25.1 Å². The van der Waals surface area contributed by atoms with E-state index < -0.39 is 0 Å². The minimum absolute atomic E-state index is 0.726. The van der Waals surface area contributed by atoms with E-state index in [1.807, 2.05) is 0 Å². The summed E-state index contributed by atoms with van der Waals surface area (Å²) in [7, 11) is 0. The summed E-state index contributed by atoms with van der Waals surface area (Å²) in [5.74, 6) is 4.44. The molecule has 0 radical (unpaired) electrons. The van der Waals surface area contributed by atoms with Crippen LogP contribution in [0.1, 0.15) is 46.0 Å². The molecule has 2 atom stereocenters. The molecule has 1 nitrogen and oxygen atoms in total. The van der Waals surface area contributed by atoms with Crippen LogP contribution in [0.25, 0.3) is 0 Å². The van der Waals surface area contributed by atoms with Crippen molar-refractivity contribution in [1.82, 2.24) is 5.32 Å². The van der Waals surface area contributed by atoms with E-state index in [0.29, 0.717) is 0 Å². The third-order valence-corrected chi connectivity index (χ3v) is 3.36. The topological polar surface area (TPSA) is 12.0 Å². The largest absolute Gasteiger partial charge is 0.313 e. The molecule has 0 aromatic carbocycles. The molecule has 1 N–H and O–H groups in total. The van der Waals surface area contributed by atoms with E-state index in [0.717, 1.165) is 30.8 Å². The average molecular weight is 193 g/mol. The van der Waals surface area contributed by atoms with Gasteiger partial charge in [0, 0.05) is 19.0 Å². The van der Waals surface area contributed by atoms with Crippen LogP contribution in [0, 0.1) is 24.2 Å². The maximum Gasteiger partial charge on any atom is 0.0211 e. The molecule has 0 aromatic rings. The summed E-state index contributed by atoms with van der Waals surface area (Å²) in [5.41, 5.74) is 0. The molecule has 1 aliphatic carbocycles. The first kappa shape index (κ1) is 11.6. The van der Waals surface area contributed by atoms with Crippen molar-refractivity contribution in [3.05, 3.63) is 0 Å². The van der Waals surface area contributed by atoms with Gasteiger partial charge >= 0.3 is 0 Å². The molecule has 1 heteroatoms. The number of terminal acetylenes is 1. The van der Waals surface area contributed by atoms with Crippen molar-refractivity contribution in [2.24, 2.45) is 11.8 Å². The summed E-state index contributed by atoms with van der Waals surface area (Å²) in [4.78, 5) is 0. The van der Waals surface area contributed by atoms with Gasteiger partial charge in [0.2, 0.25) is 0 Å². The van der Waals surface area contributed by atoms with Gasteiger partial charge in [-0.1, -0.05) is 26.7 Å². The fourth-order valence-electron chi connectivity index (χ4n) is 2.37. The number of hydrogen-bond acceptors (Lipinski definition) is 1. The van der Waals surface area contributed by atoms with Gasteiger partial charge in [-0.3, -0.25) is 0 Å². The van der Waals surface area contributed by atoms with E-state index in [4.69, 9.17) is 6.42 Å². The summed E-state index contributed by atoms with van der Waals surface area (Å²) in [6.45, 7) is 5.68. The molecule has 0 spiro atoms. The van der Waals surface area contributed by atoms with Gasteiger partial charge in [-0.25, -0.2) is 0 Å². The quantitative estimate of drug-likeness (QED) is 0.535. The fraction of sp³-hybridized carbons (Fsp3) is 0.846. The zero-order chi connectivity index (χ0) is 10.4. The maximum atomic E-state index is 5.23. The summed E-state index contributed by atoms with van der Waals surface area (Å²) in [6.07, 6.45) is 11.6. The van der Waals surface area contributed by atoms with Crippen LogP contribution in [0.4, 0.5) is 0 Å². The Balaban J connectivity index is 2.23. The lowest BCUT2D eigenvalue weighted by molar-refractivity contribution is 0.232. The molecule has 0 saturated heterocycles. The molecule has 0 aliphatic heterocycles. The van der Waals surface area contributed by atoms with E-state index in [9.17, 15) is 0 Å². The van der Waals surface area contributed by atoms with Crippen molar-refractivity contribution >= 4 is 0 Å². The molecule has 0 aromatic heterocycles. The third kappa shape index (κ3) is 3.72. The molecule has 80 valence electrons.